The Morgan fingerprint density at radius 3 is 1.32 bits per heavy atom. The van der Waals surface area contributed by atoms with E-state index in [-0.39, 0.29) is 24.8 Å². The minimum absolute atomic E-state index is 0. The smallest absolute Gasteiger partial charge is 0.248 e. The lowest BCUT2D eigenvalue weighted by atomic mass is 10.1. The van der Waals surface area contributed by atoms with E-state index in [0.717, 1.165) is 47.0 Å². The molecular formula is C22H24Cl2N6O. The molecule has 2 aliphatic rings. The molecule has 2 unspecified atom stereocenters. The van der Waals surface area contributed by atoms with E-state index in [1.807, 2.05) is 48.5 Å². The number of halogens is 2. The fraction of sp³-hybridized carbons (Fsp3) is 0.273. The summed E-state index contributed by atoms with van der Waals surface area (Å²) in [6.07, 6.45) is 0. The highest BCUT2D eigenvalue weighted by molar-refractivity contribution is 6.00. The first-order valence-corrected chi connectivity index (χ1v) is 9.83. The van der Waals surface area contributed by atoms with Gasteiger partial charge in [-0.1, -0.05) is 24.3 Å². The normalized spacial score (nSPS) is 19.4. The highest BCUT2D eigenvalue weighted by Crippen LogP contribution is 2.25. The number of hydrogen-bond acceptors (Lipinski definition) is 7. The first kappa shape index (κ1) is 22.8. The molecule has 0 radical (unpaired) electrons. The summed E-state index contributed by atoms with van der Waals surface area (Å²) >= 11 is 0. The second kappa shape index (κ2) is 9.49. The van der Waals surface area contributed by atoms with E-state index in [4.69, 9.17) is 4.42 Å². The number of aliphatic imine (C=N–C) groups is 2. The summed E-state index contributed by atoms with van der Waals surface area (Å²) in [4.78, 5) is 9.03. The number of nitrogens with one attached hydrogen (secondary N) is 2. The number of rotatable bonds is 4. The van der Waals surface area contributed by atoms with Gasteiger partial charge < -0.3 is 15.1 Å². The SMILES string of the molecule is CC1CN=C(c2ccc(-c3nnc(-c4ccc(C5=NCC(C)N5)cc4)o3)cc2)N1.Cl.Cl. The first-order chi connectivity index (χ1) is 14.2. The van der Waals surface area contributed by atoms with Gasteiger partial charge in [0.05, 0.1) is 13.1 Å². The zero-order chi connectivity index (χ0) is 19.8. The minimum atomic E-state index is 0. The third-order valence-corrected chi connectivity index (χ3v) is 5.05. The van der Waals surface area contributed by atoms with Crippen LogP contribution in [0.5, 0.6) is 0 Å². The molecule has 0 spiro atoms. The molecule has 1 aromatic heterocycles. The average molecular weight is 459 g/mol. The Kier molecular flexibility index (Phi) is 6.97. The maximum absolute atomic E-state index is 5.91. The molecule has 2 aliphatic heterocycles. The Balaban J connectivity index is 0.00000136. The molecule has 162 valence electrons. The second-order valence-electron chi connectivity index (χ2n) is 7.54. The molecule has 3 heterocycles. The lowest BCUT2D eigenvalue weighted by molar-refractivity contribution is 0.584. The fourth-order valence-electron chi connectivity index (χ4n) is 3.45. The van der Waals surface area contributed by atoms with Gasteiger partial charge in [-0.3, -0.25) is 9.98 Å². The van der Waals surface area contributed by atoms with Crippen LogP contribution in [0.15, 0.2) is 62.9 Å². The van der Waals surface area contributed by atoms with Crippen LogP contribution in [0.2, 0.25) is 0 Å². The molecule has 2 atom stereocenters. The van der Waals surface area contributed by atoms with Crippen molar-refractivity contribution in [2.24, 2.45) is 9.98 Å². The molecule has 2 aromatic carbocycles. The Labute approximate surface area is 193 Å². The molecule has 9 heteroatoms. The van der Waals surface area contributed by atoms with Crippen molar-refractivity contribution in [3.05, 3.63) is 59.7 Å². The van der Waals surface area contributed by atoms with Crippen molar-refractivity contribution < 1.29 is 4.42 Å². The molecular weight excluding hydrogens is 435 g/mol. The van der Waals surface area contributed by atoms with Gasteiger partial charge in [-0.2, -0.15) is 0 Å². The number of amidine groups is 2. The summed E-state index contributed by atoms with van der Waals surface area (Å²) in [5.74, 6) is 2.87. The van der Waals surface area contributed by atoms with Gasteiger partial charge in [-0.15, -0.1) is 35.0 Å². The molecule has 5 rings (SSSR count). The highest BCUT2D eigenvalue weighted by Gasteiger charge is 2.17. The van der Waals surface area contributed by atoms with Crippen molar-refractivity contribution in [2.45, 2.75) is 25.9 Å². The Morgan fingerprint density at radius 1 is 0.645 bits per heavy atom. The Hall–Kier alpha value is -2.90. The molecule has 0 saturated carbocycles. The summed E-state index contributed by atoms with van der Waals surface area (Å²) in [7, 11) is 0. The maximum Gasteiger partial charge on any atom is 0.248 e. The van der Waals surface area contributed by atoms with E-state index in [2.05, 4.69) is 44.7 Å². The summed E-state index contributed by atoms with van der Waals surface area (Å²) in [5.41, 5.74) is 3.89. The van der Waals surface area contributed by atoms with Gasteiger partial charge in [0.15, 0.2) is 0 Å². The number of benzene rings is 2. The number of hydrogen-bond donors (Lipinski definition) is 2. The van der Waals surface area contributed by atoms with Crippen LogP contribution in [0.1, 0.15) is 25.0 Å². The predicted molar refractivity (Wildman–Crippen MR) is 128 cm³/mol. The third-order valence-electron chi connectivity index (χ3n) is 5.05. The molecule has 31 heavy (non-hydrogen) atoms. The van der Waals surface area contributed by atoms with E-state index in [1.165, 1.54) is 0 Å². The number of aromatic nitrogens is 2. The van der Waals surface area contributed by atoms with Crippen LogP contribution in [-0.4, -0.2) is 47.0 Å². The lowest BCUT2D eigenvalue weighted by Gasteiger charge is -2.06. The largest absolute Gasteiger partial charge is 0.416 e. The van der Waals surface area contributed by atoms with E-state index in [1.54, 1.807) is 0 Å². The lowest BCUT2D eigenvalue weighted by Crippen LogP contribution is -2.27. The van der Waals surface area contributed by atoms with Gasteiger partial charge in [0.1, 0.15) is 11.7 Å². The van der Waals surface area contributed by atoms with Crippen LogP contribution < -0.4 is 10.6 Å². The highest BCUT2D eigenvalue weighted by atomic mass is 35.5. The Morgan fingerprint density at radius 2 is 1.00 bits per heavy atom. The predicted octanol–water partition coefficient (Wildman–Crippen LogP) is 3.72. The fourth-order valence-corrected chi connectivity index (χ4v) is 3.45. The summed E-state index contributed by atoms with van der Waals surface area (Å²) in [6, 6.07) is 16.8. The molecule has 3 aromatic rings. The molecule has 0 bridgehead atoms. The van der Waals surface area contributed by atoms with Crippen molar-refractivity contribution in [1.82, 2.24) is 20.8 Å². The Bertz CT molecular complexity index is 1010. The molecule has 0 amide bonds. The van der Waals surface area contributed by atoms with E-state index in [0.29, 0.717) is 23.9 Å². The summed E-state index contributed by atoms with van der Waals surface area (Å²) in [5, 5.41) is 15.2. The van der Waals surface area contributed by atoms with Crippen molar-refractivity contribution >= 4 is 36.5 Å². The second-order valence-corrected chi connectivity index (χ2v) is 7.54. The van der Waals surface area contributed by atoms with Gasteiger partial charge in [0, 0.05) is 34.3 Å². The van der Waals surface area contributed by atoms with Crippen molar-refractivity contribution in [2.75, 3.05) is 13.1 Å². The van der Waals surface area contributed by atoms with Crippen LogP contribution in [-0.2, 0) is 0 Å². The molecule has 0 saturated heterocycles. The maximum atomic E-state index is 5.91. The zero-order valence-electron chi connectivity index (χ0n) is 17.2. The monoisotopic (exact) mass is 458 g/mol. The summed E-state index contributed by atoms with van der Waals surface area (Å²) < 4.78 is 5.91. The van der Waals surface area contributed by atoms with Gasteiger partial charge in [-0.05, 0) is 38.1 Å². The average Bonchev–Trinajstić information content (AvgIpc) is 3.49. The van der Waals surface area contributed by atoms with Crippen LogP contribution in [0.3, 0.4) is 0 Å². The van der Waals surface area contributed by atoms with E-state index in [9.17, 15) is 0 Å². The van der Waals surface area contributed by atoms with Gasteiger partial charge >= 0.3 is 0 Å². The van der Waals surface area contributed by atoms with Gasteiger partial charge in [-0.25, -0.2) is 0 Å². The molecule has 2 N–H and O–H groups in total. The van der Waals surface area contributed by atoms with Crippen molar-refractivity contribution in [3.8, 4) is 22.9 Å². The van der Waals surface area contributed by atoms with Gasteiger partial charge in [0.25, 0.3) is 0 Å². The van der Waals surface area contributed by atoms with Crippen molar-refractivity contribution in [1.29, 1.82) is 0 Å². The third kappa shape index (κ3) is 4.73. The first-order valence-electron chi connectivity index (χ1n) is 9.83. The zero-order valence-corrected chi connectivity index (χ0v) is 18.8. The van der Waals surface area contributed by atoms with Gasteiger partial charge in [0.2, 0.25) is 11.8 Å². The summed E-state index contributed by atoms with van der Waals surface area (Å²) in [6.45, 7) is 5.86. The quantitative estimate of drug-likeness (QED) is 0.621. The molecule has 0 fully saturated rings. The van der Waals surface area contributed by atoms with E-state index >= 15 is 0 Å². The topological polar surface area (TPSA) is 87.7 Å². The molecule has 0 aliphatic carbocycles. The molecule has 7 nitrogen and oxygen atoms in total. The van der Waals surface area contributed by atoms with Crippen LogP contribution in [0.25, 0.3) is 22.9 Å². The number of nitrogens with zero attached hydrogens (tertiary/aromatic N) is 4. The standard InChI is InChI=1S/C22H22N6O.2ClH/c1-13-11-23-19(25-13)15-3-7-17(8-4-15)21-27-28-22(29-21)18-9-5-16(6-10-18)20-24-12-14(2)26-20;;/h3-10,13-14H,11-12H2,1-2H3,(H,23,25)(H,24,26);2*1H. The van der Waals surface area contributed by atoms with Crippen LogP contribution >= 0.6 is 24.8 Å². The van der Waals surface area contributed by atoms with E-state index < -0.39 is 0 Å². The van der Waals surface area contributed by atoms with Crippen LogP contribution in [0.4, 0.5) is 0 Å². The van der Waals surface area contributed by atoms with Crippen molar-refractivity contribution in [3.63, 3.8) is 0 Å². The van der Waals surface area contributed by atoms with Crippen LogP contribution in [0, 0.1) is 0 Å². The minimum Gasteiger partial charge on any atom is -0.416 e.